The molecule has 0 unspecified atom stereocenters. The van der Waals surface area contributed by atoms with E-state index in [0.29, 0.717) is 24.9 Å². The van der Waals surface area contributed by atoms with E-state index in [0.717, 1.165) is 10.9 Å². The van der Waals surface area contributed by atoms with E-state index in [2.05, 4.69) is 20.1 Å². The fourth-order valence-electron chi connectivity index (χ4n) is 2.00. The Labute approximate surface area is 133 Å². The SMILES string of the molecule is O=C(CSc1nncn1C1CC1)NCCOc1ccccc1. The maximum Gasteiger partial charge on any atom is 0.230 e. The molecule has 1 saturated carbocycles. The first-order valence-corrected chi connectivity index (χ1v) is 8.28. The van der Waals surface area contributed by atoms with Crippen LogP contribution in [0, 0.1) is 0 Å². The third-order valence-corrected chi connectivity index (χ3v) is 4.21. The van der Waals surface area contributed by atoms with Gasteiger partial charge < -0.3 is 14.6 Å². The van der Waals surface area contributed by atoms with E-state index in [1.54, 1.807) is 6.33 Å². The lowest BCUT2D eigenvalue weighted by atomic mass is 10.3. The van der Waals surface area contributed by atoms with Crippen molar-refractivity contribution in [2.75, 3.05) is 18.9 Å². The molecule has 1 heterocycles. The molecule has 22 heavy (non-hydrogen) atoms. The Morgan fingerprint density at radius 3 is 2.95 bits per heavy atom. The van der Waals surface area contributed by atoms with Gasteiger partial charge in [0.25, 0.3) is 0 Å². The summed E-state index contributed by atoms with van der Waals surface area (Å²) in [6.07, 6.45) is 4.09. The first kappa shape index (κ1) is 14.9. The van der Waals surface area contributed by atoms with Crippen molar-refractivity contribution in [1.29, 1.82) is 0 Å². The van der Waals surface area contributed by atoms with Crippen LogP contribution >= 0.6 is 11.8 Å². The van der Waals surface area contributed by atoms with Gasteiger partial charge in [-0.25, -0.2) is 0 Å². The highest BCUT2D eigenvalue weighted by molar-refractivity contribution is 7.99. The molecule has 3 rings (SSSR count). The van der Waals surface area contributed by atoms with Gasteiger partial charge in [0.15, 0.2) is 5.16 Å². The molecule has 0 aliphatic heterocycles. The monoisotopic (exact) mass is 318 g/mol. The van der Waals surface area contributed by atoms with Gasteiger partial charge in [0.2, 0.25) is 5.91 Å². The summed E-state index contributed by atoms with van der Waals surface area (Å²) in [7, 11) is 0. The van der Waals surface area contributed by atoms with Crippen molar-refractivity contribution in [3.8, 4) is 5.75 Å². The fourth-order valence-corrected chi connectivity index (χ4v) is 2.81. The molecular formula is C15H18N4O2S. The van der Waals surface area contributed by atoms with Gasteiger partial charge in [0.1, 0.15) is 18.7 Å². The van der Waals surface area contributed by atoms with Crippen LogP contribution in [0.5, 0.6) is 5.75 Å². The number of hydrogen-bond donors (Lipinski definition) is 1. The molecule has 0 saturated heterocycles. The summed E-state index contributed by atoms with van der Waals surface area (Å²) in [5.41, 5.74) is 0. The number of carbonyl (C=O) groups excluding carboxylic acids is 1. The van der Waals surface area contributed by atoms with Gasteiger partial charge in [0.05, 0.1) is 12.3 Å². The minimum atomic E-state index is -0.0213. The normalized spacial score (nSPS) is 13.8. The largest absolute Gasteiger partial charge is 0.492 e. The van der Waals surface area contributed by atoms with Gasteiger partial charge in [-0.15, -0.1) is 10.2 Å². The first-order valence-electron chi connectivity index (χ1n) is 7.30. The molecule has 0 spiro atoms. The fraction of sp³-hybridized carbons (Fsp3) is 0.400. The molecule has 1 aliphatic rings. The molecule has 7 heteroatoms. The number of aromatic nitrogens is 3. The van der Waals surface area contributed by atoms with Crippen molar-refractivity contribution in [1.82, 2.24) is 20.1 Å². The van der Waals surface area contributed by atoms with Crippen LogP contribution in [0.4, 0.5) is 0 Å². The van der Waals surface area contributed by atoms with Crippen molar-refractivity contribution in [3.63, 3.8) is 0 Å². The van der Waals surface area contributed by atoms with E-state index < -0.39 is 0 Å². The van der Waals surface area contributed by atoms with Gasteiger partial charge in [-0.1, -0.05) is 30.0 Å². The van der Waals surface area contributed by atoms with Gasteiger partial charge in [-0.05, 0) is 25.0 Å². The number of hydrogen-bond acceptors (Lipinski definition) is 5. The summed E-state index contributed by atoms with van der Waals surface area (Å²) in [6, 6.07) is 10.1. The Morgan fingerprint density at radius 1 is 1.36 bits per heavy atom. The van der Waals surface area contributed by atoms with Crippen LogP contribution in [-0.4, -0.2) is 39.6 Å². The summed E-state index contributed by atoms with van der Waals surface area (Å²) >= 11 is 1.42. The standard InChI is InChI=1S/C15H18N4O2S/c20-14(16-8-9-21-13-4-2-1-3-5-13)10-22-15-18-17-11-19(15)12-6-7-12/h1-5,11-12H,6-10H2,(H,16,20). The lowest BCUT2D eigenvalue weighted by molar-refractivity contribution is -0.118. The Hall–Kier alpha value is -2.02. The number of para-hydroxylation sites is 1. The van der Waals surface area contributed by atoms with E-state index in [-0.39, 0.29) is 5.91 Å². The predicted molar refractivity (Wildman–Crippen MR) is 84.0 cm³/mol. The zero-order valence-corrected chi connectivity index (χ0v) is 13.0. The van der Waals surface area contributed by atoms with Gasteiger partial charge >= 0.3 is 0 Å². The number of carbonyl (C=O) groups is 1. The molecule has 1 aromatic heterocycles. The number of amides is 1. The van der Waals surface area contributed by atoms with Gasteiger partial charge in [-0.3, -0.25) is 4.79 Å². The number of rotatable bonds is 8. The molecule has 116 valence electrons. The average Bonchev–Trinajstić information content (AvgIpc) is 3.29. The van der Waals surface area contributed by atoms with Crippen LogP contribution in [0.25, 0.3) is 0 Å². The van der Waals surface area contributed by atoms with Crippen molar-refractivity contribution < 1.29 is 9.53 Å². The molecular weight excluding hydrogens is 300 g/mol. The zero-order valence-electron chi connectivity index (χ0n) is 12.1. The highest BCUT2D eigenvalue weighted by atomic mass is 32.2. The topological polar surface area (TPSA) is 69.0 Å². The summed E-state index contributed by atoms with van der Waals surface area (Å²) in [6.45, 7) is 0.947. The van der Waals surface area contributed by atoms with Gasteiger partial charge in [0, 0.05) is 6.04 Å². The first-order chi connectivity index (χ1) is 10.8. The van der Waals surface area contributed by atoms with Crippen molar-refractivity contribution in [2.24, 2.45) is 0 Å². The number of nitrogens with one attached hydrogen (secondary N) is 1. The minimum absolute atomic E-state index is 0.0213. The summed E-state index contributed by atoms with van der Waals surface area (Å²) in [4.78, 5) is 11.8. The minimum Gasteiger partial charge on any atom is -0.492 e. The molecule has 2 aromatic rings. The average molecular weight is 318 g/mol. The lowest BCUT2D eigenvalue weighted by Gasteiger charge is -2.07. The third kappa shape index (κ3) is 4.24. The van der Waals surface area contributed by atoms with Crippen LogP contribution in [-0.2, 0) is 4.79 Å². The van der Waals surface area contributed by atoms with Crippen molar-refractivity contribution >= 4 is 17.7 Å². The van der Waals surface area contributed by atoms with E-state index in [4.69, 9.17) is 4.74 Å². The maximum atomic E-state index is 11.8. The molecule has 0 bridgehead atoms. The summed E-state index contributed by atoms with van der Waals surface area (Å²) in [5, 5.41) is 11.6. The van der Waals surface area contributed by atoms with Crippen LogP contribution in [0.3, 0.4) is 0 Å². The maximum absolute atomic E-state index is 11.8. The molecule has 1 aromatic carbocycles. The van der Waals surface area contributed by atoms with Crippen LogP contribution in [0.1, 0.15) is 18.9 Å². The predicted octanol–water partition coefficient (Wildman–Crippen LogP) is 1.90. The second-order valence-corrected chi connectivity index (χ2v) is 5.99. The van der Waals surface area contributed by atoms with E-state index in [1.807, 2.05) is 30.3 Å². The van der Waals surface area contributed by atoms with Crippen LogP contribution in [0.15, 0.2) is 41.8 Å². The summed E-state index contributed by atoms with van der Waals surface area (Å²) in [5.74, 6) is 1.13. The highest BCUT2D eigenvalue weighted by Crippen LogP contribution is 2.37. The van der Waals surface area contributed by atoms with Gasteiger partial charge in [-0.2, -0.15) is 0 Å². The Bertz CT molecular complexity index is 613. The lowest BCUT2D eigenvalue weighted by Crippen LogP contribution is -2.29. The highest BCUT2D eigenvalue weighted by Gasteiger charge is 2.26. The Morgan fingerprint density at radius 2 is 2.18 bits per heavy atom. The molecule has 0 atom stereocenters. The number of ether oxygens (including phenoxy) is 1. The molecule has 1 aliphatic carbocycles. The smallest absolute Gasteiger partial charge is 0.230 e. The second-order valence-electron chi connectivity index (χ2n) is 5.05. The number of thioether (sulfide) groups is 1. The van der Waals surface area contributed by atoms with Crippen LogP contribution in [0.2, 0.25) is 0 Å². The number of benzene rings is 1. The molecule has 1 amide bonds. The molecule has 1 fully saturated rings. The van der Waals surface area contributed by atoms with Crippen molar-refractivity contribution in [3.05, 3.63) is 36.7 Å². The summed E-state index contributed by atoms with van der Waals surface area (Å²) < 4.78 is 7.57. The molecule has 6 nitrogen and oxygen atoms in total. The van der Waals surface area contributed by atoms with E-state index in [1.165, 1.54) is 24.6 Å². The van der Waals surface area contributed by atoms with Crippen LogP contribution < -0.4 is 10.1 Å². The molecule has 0 radical (unpaired) electrons. The number of nitrogens with zero attached hydrogens (tertiary/aromatic N) is 3. The molecule has 1 N–H and O–H groups in total. The quantitative estimate of drug-likeness (QED) is 0.595. The van der Waals surface area contributed by atoms with E-state index >= 15 is 0 Å². The zero-order chi connectivity index (χ0) is 15.2. The Kier molecular flexibility index (Phi) is 4.95. The third-order valence-electron chi connectivity index (χ3n) is 3.25. The second kappa shape index (κ2) is 7.31. The van der Waals surface area contributed by atoms with Crippen molar-refractivity contribution in [2.45, 2.75) is 24.0 Å². The Balaban J connectivity index is 1.33. The van der Waals surface area contributed by atoms with E-state index in [9.17, 15) is 4.79 Å².